The Kier molecular flexibility index (Phi) is 8.59. The lowest BCUT2D eigenvalue weighted by Gasteiger charge is -2.32. The summed E-state index contributed by atoms with van der Waals surface area (Å²) in [5.41, 5.74) is 0. The van der Waals surface area contributed by atoms with E-state index in [0.29, 0.717) is 12.5 Å². The van der Waals surface area contributed by atoms with Gasteiger partial charge < -0.3 is 19.5 Å². The van der Waals surface area contributed by atoms with Gasteiger partial charge in [0.2, 0.25) is 0 Å². The number of likely N-dealkylation sites (tertiary alicyclic amines) is 1. The molecule has 108 valence electrons. The Balaban J connectivity index is 2.05. The Morgan fingerprint density at radius 3 is 2.67 bits per heavy atom. The number of piperidine rings is 1. The quantitative estimate of drug-likeness (QED) is 0.638. The number of ether oxygens (including phenoxy) is 2. The molecule has 1 heterocycles. The van der Waals surface area contributed by atoms with E-state index in [9.17, 15) is 5.11 Å². The van der Waals surface area contributed by atoms with Crippen LogP contribution in [0.4, 0.5) is 0 Å². The first kappa shape index (κ1) is 15.9. The Labute approximate surface area is 111 Å². The van der Waals surface area contributed by atoms with Crippen molar-refractivity contribution in [2.24, 2.45) is 5.92 Å². The molecule has 4 nitrogen and oxygen atoms in total. The van der Waals surface area contributed by atoms with E-state index in [1.54, 1.807) is 7.11 Å². The number of aliphatic hydroxyl groups excluding tert-OH is 1. The Morgan fingerprint density at radius 1 is 1.33 bits per heavy atom. The summed E-state index contributed by atoms with van der Waals surface area (Å²) in [5.74, 6) is 0.698. The molecular formula is C14H29NO3. The summed E-state index contributed by atoms with van der Waals surface area (Å²) in [4.78, 5) is 2.33. The van der Waals surface area contributed by atoms with Crippen molar-refractivity contribution in [3.63, 3.8) is 0 Å². The first-order chi connectivity index (χ1) is 8.76. The van der Waals surface area contributed by atoms with Gasteiger partial charge >= 0.3 is 0 Å². The fourth-order valence-corrected chi connectivity index (χ4v) is 2.39. The molecule has 1 atom stereocenters. The highest BCUT2D eigenvalue weighted by Crippen LogP contribution is 2.17. The van der Waals surface area contributed by atoms with Crippen LogP contribution in [0.1, 0.15) is 32.6 Å². The van der Waals surface area contributed by atoms with Crippen molar-refractivity contribution in [3.05, 3.63) is 0 Å². The molecule has 1 fully saturated rings. The average molecular weight is 259 g/mol. The molecule has 0 aromatic heterocycles. The summed E-state index contributed by atoms with van der Waals surface area (Å²) in [6.45, 7) is 7.13. The zero-order chi connectivity index (χ0) is 13.2. The number of aliphatic hydroxyl groups is 1. The molecule has 18 heavy (non-hydrogen) atoms. The standard InChI is InChI=1S/C14H29NO3/c1-3-4-9-18-12-14(16)10-15-7-5-13(6-8-15)11-17-2/h13-14,16H,3-12H2,1-2H3. The minimum absolute atomic E-state index is 0.346. The van der Waals surface area contributed by atoms with E-state index in [1.807, 2.05) is 0 Å². The van der Waals surface area contributed by atoms with Crippen LogP contribution in [0.2, 0.25) is 0 Å². The van der Waals surface area contributed by atoms with Gasteiger partial charge in [-0.05, 0) is 38.3 Å². The lowest BCUT2D eigenvalue weighted by atomic mass is 9.97. The topological polar surface area (TPSA) is 41.9 Å². The van der Waals surface area contributed by atoms with Gasteiger partial charge in [0.1, 0.15) is 0 Å². The molecule has 1 aliphatic heterocycles. The van der Waals surface area contributed by atoms with Crippen molar-refractivity contribution >= 4 is 0 Å². The van der Waals surface area contributed by atoms with E-state index in [4.69, 9.17) is 9.47 Å². The number of β-amino-alcohol motifs (C(OH)–C–C–N with tert-alkyl or cyclic N) is 1. The Bertz CT molecular complexity index is 193. The molecular weight excluding hydrogens is 230 g/mol. The summed E-state index contributed by atoms with van der Waals surface area (Å²) >= 11 is 0. The first-order valence-electron chi connectivity index (χ1n) is 7.23. The molecule has 0 bridgehead atoms. The second-order valence-corrected chi connectivity index (χ2v) is 5.28. The number of hydrogen-bond acceptors (Lipinski definition) is 4. The van der Waals surface area contributed by atoms with E-state index >= 15 is 0 Å². The predicted octanol–water partition coefficient (Wildman–Crippen LogP) is 1.52. The third-order valence-corrected chi connectivity index (χ3v) is 3.53. The van der Waals surface area contributed by atoms with Crippen molar-refractivity contribution in [1.29, 1.82) is 0 Å². The Hall–Kier alpha value is -0.160. The van der Waals surface area contributed by atoms with Crippen LogP contribution in [0.3, 0.4) is 0 Å². The summed E-state index contributed by atoms with van der Waals surface area (Å²) < 4.78 is 10.6. The van der Waals surface area contributed by atoms with Gasteiger partial charge in [0, 0.05) is 26.9 Å². The second kappa shape index (κ2) is 9.73. The zero-order valence-electron chi connectivity index (χ0n) is 11.9. The number of nitrogens with zero attached hydrogens (tertiary/aromatic N) is 1. The molecule has 1 N–H and O–H groups in total. The molecule has 0 spiro atoms. The molecule has 1 rings (SSSR count). The van der Waals surface area contributed by atoms with Crippen molar-refractivity contribution in [2.75, 3.05) is 46.6 Å². The van der Waals surface area contributed by atoms with Gasteiger partial charge in [0.05, 0.1) is 12.7 Å². The lowest BCUT2D eigenvalue weighted by Crippen LogP contribution is -2.41. The predicted molar refractivity (Wildman–Crippen MR) is 72.8 cm³/mol. The SMILES string of the molecule is CCCCOCC(O)CN1CCC(COC)CC1. The van der Waals surface area contributed by atoms with E-state index in [-0.39, 0.29) is 6.10 Å². The average Bonchev–Trinajstić information content (AvgIpc) is 2.37. The third kappa shape index (κ3) is 6.69. The van der Waals surface area contributed by atoms with Crippen molar-refractivity contribution in [1.82, 2.24) is 4.90 Å². The summed E-state index contributed by atoms with van der Waals surface area (Å²) in [6, 6.07) is 0. The maximum absolute atomic E-state index is 9.88. The van der Waals surface area contributed by atoms with Crippen LogP contribution >= 0.6 is 0 Å². The summed E-state index contributed by atoms with van der Waals surface area (Å²) in [5, 5.41) is 9.88. The van der Waals surface area contributed by atoms with E-state index in [0.717, 1.165) is 45.7 Å². The molecule has 0 aliphatic carbocycles. The summed E-state index contributed by atoms with van der Waals surface area (Å²) in [7, 11) is 1.77. The van der Waals surface area contributed by atoms with Crippen LogP contribution < -0.4 is 0 Å². The monoisotopic (exact) mass is 259 g/mol. The highest BCUT2D eigenvalue weighted by molar-refractivity contribution is 4.74. The molecule has 1 unspecified atom stereocenters. The van der Waals surface area contributed by atoms with Gasteiger partial charge in [-0.3, -0.25) is 0 Å². The van der Waals surface area contributed by atoms with Crippen molar-refractivity contribution in [3.8, 4) is 0 Å². The molecule has 1 saturated heterocycles. The van der Waals surface area contributed by atoms with Crippen LogP contribution in [0.15, 0.2) is 0 Å². The smallest absolute Gasteiger partial charge is 0.0900 e. The Morgan fingerprint density at radius 2 is 2.06 bits per heavy atom. The van der Waals surface area contributed by atoms with Gasteiger partial charge in [-0.1, -0.05) is 13.3 Å². The molecule has 4 heteroatoms. The number of hydrogen-bond donors (Lipinski definition) is 1. The highest BCUT2D eigenvalue weighted by Gasteiger charge is 2.20. The normalized spacial score (nSPS) is 20.2. The maximum Gasteiger partial charge on any atom is 0.0900 e. The van der Waals surface area contributed by atoms with E-state index in [2.05, 4.69) is 11.8 Å². The minimum atomic E-state index is -0.346. The molecule has 0 aromatic carbocycles. The van der Waals surface area contributed by atoms with Crippen LogP contribution in [-0.4, -0.2) is 62.7 Å². The molecule has 0 radical (unpaired) electrons. The lowest BCUT2D eigenvalue weighted by molar-refractivity contribution is 0.00650. The second-order valence-electron chi connectivity index (χ2n) is 5.28. The zero-order valence-corrected chi connectivity index (χ0v) is 11.9. The van der Waals surface area contributed by atoms with E-state index in [1.165, 1.54) is 12.8 Å². The first-order valence-corrected chi connectivity index (χ1v) is 7.23. The van der Waals surface area contributed by atoms with Gasteiger partial charge in [-0.15, -0.1) is 0 Å². The van der Waals surface area contributed by atoms with Gasteiger partial charge in [-0.2, -0.15) is 0 Å². The molecule has 0 saturated carbocycles. The van der Waals surface area contributed by atoms with Crippen LogP contribution in [0.5, 0.6) is 0 Å². The molecule has 0 aromatic rings. The van der Waals surface area contributed by atoms with Crippen molar-refractivity contribution < 1.29 is 14.6 Å². The van der Waals surface area contributed by atoms with Gasteiger partial charge in [0.25, 0.3) is 0 Å². The largest absolute Gasteiger partial charge is 0.389 e. The number of methoxy groups -OCH3 is 1. The fraction of sp³-hybridized carbons (Fsp3) is 1.00. The van der Waals surface area contributed by atoms with Crippen LogP contribution in [-0.2, 0) is 9.47 Å². The minimum Gasteiger partial charge on any atom is -0.389 e. The van der Waals surface area contributed by atoms with Crippen LogP contribution in [0, 0.1) is 5.92 Å². The van der Waals surface area contributed by atoms with Gasteiger partial charge in [0.15, 0.2) is 0 Å². The number of unbranched alkanes of at least 4 members (excludes halogenated alkanes) is 1. The van der Waals surface area contributed by atoms with E-state index < -0.39 is 0 Å². The van der Waals surface area contributed by atoms with Crippen molar-refractivity contribution in [2.45, 2.75) is 38.7 Å². The fourth-order valence-electron chi connectivity index (χ4n) is 2.39. The third-order valence-electron chi connectivity index (χ3n) is 3.53. The number of rotatable bonds is 9. The van der Waals surface area contributed by atoms with Gasteiger partial charge in [-0.25, -0.2) is 0 Å². The maximum atomic E-state index is 9.88. The molecule has 1 aliphatic rings. The highest BCUT2D eigenvalue weighted by atomic mass is 16.5. The summed E-state index contributed by atoms with van der Waals surface area (Å²) in [6.07, 6.45) is 4.23. The molecule has 0 amide bonds. The van der Waals surface area contributed by atoms with Crippen LogP contribution in [0.25, 0.3) is 0 Å².